The molecule has 0 spiro atoms. The van der Waals surface area contributed by atoms with Crippen LogP contribution < -0.4 is 5.73 Å². The Kier molecular flexibility index (Phi) is 3.45. The minimum absolute atomic E-state index is 0.238. The van der Waals surface area contributed by atoms with Crippen LogP contribution in [0.15, 0.2) is 11.6 Å². The number of hydrogen-bond donors (Lipinski definition) is 1. The van der Waals surface area contributed by atoms with Crippen LogP contribution in [0.25, 0.3) is 0 Å². The summed E-state index contributed by atoms with van der Waals surface area (Å²) in [5, 5.41) is 3.03. The zero-order valence-electron chi connectivity index (χ0n) is 8.58. The monoisotopic (exact) mass is 198 g/mol. The predicted molar refractivity (Wildman–Crippen MR) is 57.7 cm³/mol. The molecule has 1 atom stereocenters. The highest BCUT2D eigenvalue weighted by molar-refractivity contribution is 7.09. The summed E-state index contributed by atoms with van der Waals surface area (Å²) in [4.78, 5) is 4.26. The molecule has 13 heavy (non-hydrogen) atoms. The molecule has 2 nitrogen and oxygen atoms in total. The van der Waals surface area contributed by atoms with Gasteiger partial charge in [0.2, 0.25) is 0 Å². The lowest BCUT2D eigenvalue weighted by Crippen LogP contribution is -2.33. The van der Waals surface area contributed by atoms with E-state index < -0.39 is 0 Å². The molecule has 0 aliphatic rings. The molecule has 1 aromatic heterocycles. The Morgan fingerprint density at radius 2 is 2.31 bits per heavy atom. The predicted octanol–water partition coefficient (Wildman–Crippen LogP) is 2.75. The Bertz CT molecular complexity index is 239. The van der Waals surface area contributed by atoms with Gasteiger partial charge in [0.25, 0.3) is 0 Å². The van der Waals surface area contributed by atoms with Gasteiger partial charge in [-0.3, -0.25) is 0 Å². The molecule has 1 rings (SSSR count). The quantitative estimate of drug-likeness (QED) is 0.808. The topological polar surface area (TPSA) is 38.9 Å². The first-order chi connectivity index (χ1) is 6.02. The first kappa shape index (κ1) is 10.7. The molecule has 2 N–H and O–H groups in total. The van der Waals surface area contributed by atoms with Crippen LogP contribution in [-0.4, -0.2) is 4.98 Å². The van der Waals surface area contributed by atoms with Gasteiger partial charge >= 0.3 is 0 Å². The van der Waals surface area contributed by atoms with Gasteiger partial charge in [-0.05, 0) is 25.7 Å². The van der Waals surface area contributed by atoms with Gasteiger partial charge in [0, 0.05) is 11.6 Å². The van der Waals surface area contributed by atoms with Gasteiger partial charge in [0.05, 0.1) is 5.54 Å². The molecule has 74 valence electrons. The van der Waals surface area contributed by atoms with E-state index in [9.17, 15) is 0 Å². The number of rotatable bonds is 4. The van der Waals surface area contributed by atoms with Crippen LogP contribution in [0.4, 0.5) is 0 Å². The van der Waals surface area contributed by atoms with Crippen LogP contribution in [-0.2, 0) is 5.54 Å². The molecule has 0 saturated carbocycles. The average molecular weight is 198 g/mol. The van der Waals surface area contributed by atoms with Crippen LogP contribution in [0.2, 0.25) is 0 Å². The number of nitrogens with zero attached hydrogens (tertiary/aromatic N) is 1. The third-order valence-corrected chi connectivity index (χ3v) is 3.21. The maximum absolute atomic E-state index is 6.18. The summed E-state index contributed by atoms with van der Waals surface area (Å²) < 4.78 is 0. The molecule has 1 heterocycles. The molecular formula is C10H18N2S. The standard InChI is InChI=1S/C10H18N2S/c1-8(2)4-5-10(3,11)9-12-6-7-13-9/h6-8H,4-5,11H2,1-3H3. The van der Waals surface area contributed by atoms with Crippen molar-refractivity contribution in [3.8, 4) is 0 Å². The Morgan fingerprint density at radius 1 is 1.62 bits per heavy atom. The fourth-order valence-corrected chi connectivity index (χ4v) is 1.94. The summed E-state index contributed by atoms with van der Waals surface area (Å²) in [7, 11) is 0. The number of nitrogens with two attached hydrogens (primary N) is 1. The SMILES string of the molecule is CC(C)CCC(C)(N)c1nccs1. The Labute approximate surface area is 84.2 Å². The first-order valence-electron chi connectivity index (χ1n) is 4.71. The zero-order valence-corrected chi connectivity index (χ0v) is 9.40. The first-order valence-corrected chi connectivity index (χ1v) is 5.59. The largest absolute Gasteiger partial charge is 0.320 e. The minimum Gasteiger partial charge on any atom is -0.320 e. The normalized spacial score (nSPS) is 16.1. The van der Waals surface area contributed by atoms with Gasteiger partial charge in [-0.25, -0.2) is 4.98 Å². The van der Waals surface area contributed by atoms with E-state index in [0.717, 1.165) is 17.8 Å². The van der Waals surface area contributed by atoms with Crippen molar-refractivity contribution >= 4 is 11.3 Å². The van der Waals surface area contributed by atoms with E-state index >= 15 is 0 Å². The van der Waals surface area contributed by atoms with Crippen molar-refractivity contribution in [1.82, 2.24) is 4.98 Å². The second kappa shape index (κ2) is 4.20. The second-order valence-corrected chi connectivity index (χ2v) is 5.08. The molecule has 3 heteroatoms. The third-order valence-electron chi connectivity index (χ3n) is 2.16. The van der Waals surface area contributed by atoms with E-state index in [-0.39, 0.29) is 5.54 Å². The smallest absolute Gasteiger partial charge is 0.112 e. The molecule has 0 aliphatic carbocycles. The summed E-state index contributed by atoms with van der Waals surface area (Å²) >= 11 is 1.65. The number of hydrogen-bond acceptors (Lipinski definition) is 3. The fraction of sp³-hybridized carbons (Fsp3) is 0.700. The van der Waals surface area contributed by atoms with Gasteiger partial charge in [-0.15, -0.1) is 11.3 Å². The van der Waals surface area contributed by atoms with Crippen molar-refractivity contribution in [2.75, 3.05) is 0 Å². The highest BCUT2D eigenvalue weighted by Crippen LogP contribution is 2.26. The van der Waals surface area contributed by atoms with E-state index in [4.69, 9.17) is 5.73 Å². The third kappa shape index (κ3) is 3.08. The van der Waals surface area contributed by atoms with Crippen molar-refractivity contribution in [1.29, 1.82) is 0 Å². The molecule has 0 saturated heterocycles. The Morgan fingerprint density at radius 3 is 2.77 bits per heavy atom. The zero-order chi connectivity index (χ0) is 9.90. The molecule has 0 aromatic carbocycles. The molecule has 0 amide bonds. The van der Waals surface area contributed by atoms with E-state index in [1.807, 2.05) is 11.6 Å². The van der Waals surface area contributed by atoms with Crippen LogP contribution in [0.5, 0.6) is 0 Å². The van der Waals surface area contributed by atoms with E-state index in [0.29, 0.717) is 5.92 Å². The molecule has 0 aliphatic heterocycles. The molecule has 1 unspecified atom stereocenters. The minimum atomic E-state index is -0.238. The van der Waals surface area contributed by atoms with Crippen LogP contribution in [0.1, 0.15) is 38.6 Å². The lowest BCUT2D eigenvalue weighted by Gasteiger charge is -2.22. The van der Waals surface area contributed by atoms with Crippen molar-refractivity contribution < 1.29 is 0 Å². The molecule has 0 bridgehead atoms. The molecule has 1 aromatic rings. The van der Waals surface area contributed by atoms with Gasteiger partial charge in [-0.1, -0.05) is 13.8 Å². The van der Waals surface area contributed by atoms with Gasteiger partial charge in [0.1, 0.15) is 5.01 Å². The van der Waals surface area contributed by atoms with E-state index in [2.05, 4.69) is 25.8 Å². The lowest BCUT2D eigenvalue weighted by atomic mass is 9.94. The summed E-state index contributed by atoms with van der Waals surface area (Å²) in [5.74, 6) is 0.711. The lowest BCUT2D eigenvalue weighted by molar-refractivity contribution is 0.395. The number of thiazole rings is 1. The van der Waals surface area contributed by atoms with Gasteiger partial charge in [0.15, 0.2) is 0 Å². The molecule has 0 fully saturated rings. The summed E-state index contributed by atoms with van der Waals surface area (Å²) in [6.07, 6.45) is 3.99. The van der Waals surface area contributed by atoms with Crippen molar-refractivity contribution in [3.05, 3.63) is 16.6 Å². The highest BCUT2D eigenvalue weighted by Gasteiger charge is 2.23. The summed E-state index contributed by atoms with van der Waals surface area (Å²) in [5.41, 5.74) is 5.94. The van der Waals surface area contributed by atoms with Crippen molar-refractivity contribution in [2.24, 2.45) is 11.7 Å². The van der Waals surface area contributed by atoms with E-state index in [1.54, 1.807) is 11.3 Å². The van der Waals surface area contributed by atoms with Crippen molar-refractivity contribution in [3.63, 3.8) is 0 Å². The molecular weight excluding hydrogens is 180 g/mol. The Balaban J connectivity index is 2.56. The van der Waals surface area contributed by atoms with Crippen molar-refractivity contribution in [2.45, 2.75) is 39.2 Å². The van der Waals surface area contributed by atoms with Crippen LogP contribution >= 0.6 is 11.3 Å². The second-order valence-electron chi connectivity index (χ2n) is 4.19. The highest BCUT2D eigenvalue weighted by atomic mass is 32.1. The molecule has 0 radical (unpaired) electrons. The average Bonchev–Trinajstić information content (AvgIpc) is 2.53. The Hall–Kier alpha value is -0.410. The maximum Gasteiger partial charge on any atom is 0.112 e. The summed E-state index contributed by atoms with van der Waals surface area (Å²) in [6, 6.07) is 0. The van der Waals surface area contributed by atoms with Crippen LogP contribution in [0, 0.1) is 5.92 Å². The fourth-order valence-electron chi connectivity index (χ4n) is 1.20. The summed E-state index contributed by atoms with van der Waals surface area (Å²) in [6.45, 7) is 6.50. The van der Waals surface area contributed by atoms with Gasteiger partial charge in [-0.2, -0.15) is 0 Å². The van der Waals surface area contributed by atoms with E-state index in [1.165, 1.54) is 0 Å². The van der Waals surface area contributed by atoms with Gasteiger partial charge < -0.3 is 5.73 Å². The number of aromatic nitrogens is 1. The maximum atomic E-state index is 6.18. The van der Waals surface area contributed by atoms with Crippen LogP contribution in [0.3, 0.4) is 0 Å².